The van der Waals surface area contributed by atoms with Crippen LogP contribution in [0.15, 0.2) is 48.5 Å². The maximum absolute atomic E-state index is 13.3. The van der Waals surface area contributed by atoms with E-state index >= 15 is 0 Å². The van der Waals surface area contributed by atoms with E-state index in [1.165, 1.54) is 12.1 Å². The van der Waals surface area contributed by atoms with Gasteiger partial charge in [0, 0.05) is 22.8 Å². The molecule has 4 rings (SSSR count). The molecule has 0 unspecified atom stereocenters. The number of aliphatic hydroxyl groups is 1. The second-order valence-electron chi connectivity index (χ2n) is 7.15. The summed E-state index contributed by atoms with van der Waals surface area (Å²) in [5.41, 5.74) is 3.64. The number of hydrogen-bond donors (Lipinski definition) is 2. The van der Waals surface area contributed by atoms with Crippen molar-refractivity contribution in [2.45, 2.75) is 31.8 Å². The summed E-state index contributed by atoms with van der Waals surface area (Å²) in [6.07, 6.45) is 2.74. The van der Waals surface area contributed by atoms with E-state index in [-0.39, 0.29) is 18.3 Å². The molecule has 1 amide bonds. The summed E-state index contributed by atoms with van der Waals surface area (Å²) in [6, 6.07) is 13.0. The van der Waals surface area contributed by atoms with Crippen molar-refractivity contribution in [1.29, 1.82) is 0 Å². The second kappa shape index (κ2) is 8.35. The molecule has 1 atom stereocenters. The molecule has 29 heavy (non-hydrogen) atoms. The second-order valence-corrected chi connectivity index (χ2v) is 7.59. The van der Waals surface area contributed by atoms with Crippen LogP contribution in [0.3, 0.4) is 0 Å². The van der Waals surface area contributed by atoms with Gasteiger partial charge in [0.1, 0.15) is 5.82 Å². The van der Waals surface area contributed by atoms with Crippen LogP contribution >= 0.6 is 11.6 Å². The summed E-state index contributed by atoms with van der Waals surface area (Å²) in [5, 5.41) is 18.2. The van der Waals surface area contributed by atoms with Crippen LogP contribution in [0.5, 0.6) is 0 Å². The first kappa shape index (κ1) is 19.6. The Morgan fingerprint density at radius 1 is 1.21 bits per heavy atom. The van der Waals surface area contributed by atoms with Crippen LogP contribution in [0.25, 0.3) is 5.69 Å². The number of nitrogens with one attached hydrogen (secondary N) is 1. The van der Waals surface area contributed by atoms with Gasteiger partial charge in [0.25, 0.3) is 5.91 Å². The van der Waals surface area contributed by atoms with Gasteiger partial charge in [0.05, 0.1) is 11.8 Å². The predicted molar refractivity (Wildman–Crippen MR) is 109 cm³/mol. The van der Waals surface area contributed by atoms with Crippen molar-refractivity contribution in [3.8, 4) is 5.69 Å². The molecule has 1 heterocycles. The number of aromatic nitrogens is 2. The van der Waals surface area contributed by atoms with E-state index in [1.54, 1.807) is 41.1 Å². The number of halogens is 2. The third-order valence-electron chi connectivity index (χ3n) is 5.16. The first-order chi connectivity index (χ1) is 14.0. The number of nitrogens with zero attached hydrogens (tertiary/aromatic N) is 2. The van der Waals surface area contributed by atoms with Crippen LogP contribution in [0, 0.1) is 5.82 Å². The fraction of sp³-hybridized carbons (Fsp3) is 0.273. The zero-order chi connectivity index (χ0) is 20.4. The lowest BCUT2D eigenvalue weighted by Gasteiger charge is -2.15. The molecule has 0 fully saturated rings. The van der Waals surface area contributed by atoms with E-state index in [4.69, 9.17) is 11.6 Å². The van der Waals surface area contributed by atoms with Crippen LogP contribution in [0.2, 0.25) is 5.02 Å². The number of carbonyl (C=O) groups excluding carboxylic acids is 1. The average Bonchev–Trinajstić information content (AvgIpc) is 3.12. The third-order valence-corrected chi connectivity index (χ3v) is 5.39. The number of amides is 1. The molecule has 0 bridgehead atoms. The lowest BCUT2D eigenvalue weighted by molar-refractivity contribution is 0.0910. The molecule has 1 aliphatic carbocycles. The molecule has 1 aromatic heterocycles. The van der Waals surface area contributed by atoms with Crippen molar-refractivity contribution < 1.29 is 14.3 Å². The number of fused-ring (bicyclic) bond motifs is 1. The minimum atomic E-state index is -0.868. The van der Waals surface area contributed by atoms with E-state index in [9.17, 15) is 14.3 Å². The Morgan fingerprint density at radius 2 is 1.97 bits per heavy atom. The molecule has 2 N–H and O–H groups in total. The van der Waals surface area contributed by atoms with Crippen LogP contribution < -0.4 is 5.32 Å². The molecule has 0 aliphatic heterocycles. The minimum absolute atomic E-state index is 0.0529. The third kappa shape index (κ3) is 4.18. The largest absolute Gasteiger partial charge is 0.387 e. The quantitative estimate of drug-likeness (QED) is 0.664. The number of hydrogen-bond acceptors (Lipinski definition) is 3. The first-order valence-electron chi connectivity index (χ1n) is 9.61. The zero-order valence-electron chi connectivity index (χ0n) is 15.7. The van der Waals surface area contributed by atoms with Crippen LogP contribution in [-0.2, 0) is 12.8 Å². The Bertz CT molecular complexity index is 1030. The molecular weight excluding hydrogens is 393 g/mol. The SMILES string of the molecule is O=C(NC[C@H](O)c1cccc(Cl)c1)c1nn(-c2ccc(F)cc2)c2c1CCCC2. The molecule has 0 spiro atoms. The number of rotatable bonds is 5. The molecule has 0 radical (unpaired) electrons. The fourth-order valence-electron chi connectivity index (χ4n) is 3.68. The van der Waals surface area contributed by atoms with Crippen LogP contribution in [0.4, 0.5) is 4.39 Å². The molecule has 0 saturated carbocycles. The van der Waals surface area contributed by atoms with Gasteiger partial charge in [-0.15, -0.1) is 0 Å². The Morgan fingerprint density at radius 3 is 2.72 bits per heavy atom. The normalized spacial score (nSPS) is 14.3. The van der Waals surface area contributed by atoms with E-state index in [0.29, 0.717) is 16.3 Å². The molecular formula is C22H21ClFN3O2. The van der Waals surface area contributed by atoms with Gasteiger partial charge in [0.15, 0.2) is 5.69 Å². The number of aliphatic hydroxyl groups excluding tert-OH is 1. The topological polar surface area (TPSA) is 67.2 Å². The van der Waals surface area contributed by atoms with Gasteiger partial charge in [-0.05, 0) is 67.6 Å². The Labute approximate surface area is 173 Å². The molecule has 5 nitrogen and oxygen atoms in total. The van der Waals surface area contributed by atoms with Gasteiger partial charge < -0.3 is 10.4 Å². The highest BCUT2D eigenvalue weighted by Crippen LogP contribution is 2.27. The standard InChI is InChI=1S/C22H21ClFN3O2/c23-15-5-3-4-14(12-15)20(28)13-25-22(29)21-18-6-1-2-7-19(18)27(26-21)17-10-8-16(24)9-11-17/h3-5,8-12,20,28H,1-2,6-7,13H2,(H,25,29)/t20-/m0/s1. The smallest absolute Gasteiger partial charge is 0.272 e. The highest BCUT2D eigenvalue weighted by atomic mass is 35.5. The van der Waals surface area contributed by atoms with Gasteiger partial charge in [0.2, 0.25) is 0 Å². The Kier molecular flexibility index (Phi) is 5.65. The zero-order valence-corrected chi connectivity index (χ0v) is 16.5. The van der Waals surface area contributed by atoms with Crippen molar-refractivity contribution in [3.63, 3.8) is 0 Å². The van der Waals surface area contributed by atoms with Crippen molar-refractivity contribution in [1.82, 2.24) is 15.1 Å². The summed E-state index contributed by atoms with van der Waals surface area (Å²) < 4.78 is 15.0. The maximum Gasteiger partial charge on any atom is 0.272 e. The van der Waals surface area contributed by atoms with Crippen molar-refractivity contribution in [2.75, 3.05) is 6.54 Å². The van der Waals surface area contributed by atoms with E-state index in [2.05, 4.69) is 10.4 Å². The highest BCUT2D eigenvalue weighted by molar-refractivity contribution is 6.30. The number of benzene rings is 2. The van der Waals surface area contributed by atoms with Gasteiger partial charge in [-0.2, -0.15) is 5.10 Å². The summed E-state index contributed by atoms with van der Waals surface area (Å²) in [6.45, 7) is 0.0529. The van der Waals surface area contributed by atoms with E-state index < -0.39 is 6.10 Å². The van der Waals surface area contributed by atoms with Crippen molar-refractivity contribution in [2.24, 2.45) is 0 Å². The van der Waals surface area contributed by atoms with Gasteiger partial charge in [-0.1, -0.05) is 23.7 Å². The molecule has 150 valence electrons. The molecule has 0 saturated heterocycles. The summed E-state index contributed by atoms with van der Waals surface area (Å²) in [7, 11) is 0. The van der Waals surface area contributed by atoms with Gasteiger partial charge >= 0.3 is 0 Å². The van der Waals surface area contributed by atoms with E-state index in [1.807, 2.05) is 0 Å². The molecule has 1 aliphatic rings. The highest BCUT2D eigenvalue weighted by Gasteiger charge is 2.26. The van der Waals surface area contributed by atoms with Crippen molar-refractivity contribution in [3.05, 3.63) is 81.9 Å². The van der Waals surface area contributed by atoms with Crippen molar-refractivity contribution >= 4 is 17.5 Å². The minimum Gasteiger partial charge on any atom is -0.387 e. The lowest BCUT2D eigenvalue weighted by Crippen LogP contribution is -2.29. The Hall–Kier alpha value is -2.70. The monoisotopic (exact) mass is 413 g/mol. The molecule has 2 aromatic carbocycles. The maximum atomic E-state index is 13.3. The molecule has 3 aromatic rings. The summed E-state index contributed by atoms with van der Waals surface area (Å²) >= 11 is 5.96. The lowest BCUT2D eigenvalue weighted by atomic mass is 9.95. The fourth-order valence-corrected chi connectivity index (χ4v) is 3.88. The summed E-state index contributed by atoms with van der Waals surface area (Å²) in [4.78, 5) is 12.8. The van der Waals surface area contributed by atoms with Gasteiger partial charge in [-0.3, -0.25) is 4.79 Å². The van der Waals surface area contributed by atoms with E-state index in [0.717, 1.165) is 42.6 Å². The predicted octanol–water partition coefficient (Wildman–Crippen LogP) is 4.01. The first-order valence-corrected chi connectivity index (χ1v) is 9.99. The number of carbonyl (C=O) groups is 1. The van der Waals surface area contributed by atoms with Crippen LogP contribution in [-0.4, -0.2) is 27.3 Å². The van der Waals surface area contributed by atoms with Gasteiger partial charge in [-0.25, -0.2) is 9.07 Å². The summed E-state index contributed by atoms with van der Waals surface area (Å²) in [5.74, 6) is -0.646. The average molecular weight is 414 g/mol. The Balaban J connectivity index is 1.56. The molecule has 7 heteroatoms. The van der Waals surface area contributed by atoms with Crippen LogP contribution in [0.1, 0.15) is 46.3 Å².